The van der Waals surface area contributed by atoms with Crippen LogP contribution in [0.3, 0.4) is 0 Å². The van der Waals surface area contributed by atoms with Crippen molar-refractivity contribution in [3.05, 3.63) is 84.3 Å². The van der Waals surface area contributed by atoms with Crippen LogP contribution in [0.25, 0.3) is 5.65 Å². The third kappa shape index (κ3) is 3.86. The van der Waals surface area contributed by atoms with E-state index in [-0.39, 0.29) is 11.4 Å². The SMILES string of the molecule is CCOc1ccc(N(Cc2ccccc2)S(=O)(=O)c2ccc3nnc(C)n3c2)cc1. The number of ether oxygens (including phenoxy) is 1. The Labute approximate surface area is 175 Å². The largest absolute Gasteiger partial charge is 0.494 e. The molecule has 8 heteroatoms. The standard InChI is InChI=1S/C22H22N4O3S/c1-3-29-20-11-9-19(10-12-20)26(15-18-7-5-4-6-8-18)30(27,28)21-13-14-22-24-23-17(2)25(22)16-21/h4-14,16H,3,15H2,1-2H3. The van der Waals surface area contributed by atoms with E-state index in [1.54, 1.807) is 53.9 Å². The van der Waals surface area contributed by atoms with E-state index in [0.717, 1.165) is 5.56 Å². The fourth-order valence-electron chi connectivity index (χ4n) is 3.21. The number of pyridine rings is 1. The predicted octanol–water partition coefficient (Wildman–Crippen LogP) is 3.83. The Bertz CT molecular complexity index is 1250. The molecule has 2 aromatic carbocycles. The predicted molar refractivity (Wildman–Crippen MR) is 115 cm³/mol. The van der Waals surface area contributed by atoms with E-state index in [0.29, 0.717) is 29.5 Å². The quantitative estimate of drug-likeness (QED) is 0.452. The molecule has 2 heterocycles. The van der Waals surface area contributed by atoms with E-state index >= 15 is 0 Å². The summed E-state index contributed by atoms with van der Waals surface area (Å²) in [5.41, 5.74) is 2.04. The molecule has 0 amide bonds. The average molecular weight is 423 g/mol. The van der Waals surface area contributed by atoms with Crippen LogP contribution in [0.4, 0.5) is 5.69 Å². The Balaban J connectivity index is 1.79. The maximum absolute atomic E-state index is 13.7. The lowest BCUT2D eigenvalue weighted by Crippen LogP contribution is -2.30. The first-order chi connectivity index (χ1) is 14.5. The fourth-order valence-corrected chi connectivity index (χ4v) is 4.66. The van der Waals surface area contributed by atoms with Gasteiger partial charge in [-0.25, -0.2) is 8.42 Å². The Kier molecular flexibility index (Phi) is 5.41. The summed E-state index contributed by atoms with van der Waals surface area (Å²) in [7, 11) is -3.85. The normalized spacial score (nSPS) is 11.5. The third-order valence-corrected chi connectivity index (χ3v) is 6.50. The number of benzene rings is 2. The molecule has 4 rings (SSSR count). The summed E-state index contributed by atoms with van der Waals surface area (Å²) in [4.78, 5) is 0.169. The zero-order chi connectivity index (χ0) is 21.1. The molecular formula is C22H22N4O3S. The first kappa shape index (κ1) is 19.9. The zero-order valence-corrected chi connectivity index (χ0v) is 17.6. The van der Waals surface area contributed by atoms with E-state index in [9.17, 15) is 8.42 Å². The van der Waals surface area contributed by atoms with Gasteiger partial charge in [0.15, 0.2) is 5.65 Å². The minimum Gasteiger partial charge on any atom is -0.494 e. The van der Waals surface area contributed by atoms with Gasteiger partial charge in [-0.3, -0.25) is 8.71 Å². The minimum atomic E-state index is -3.85. The summed E-state index contributed by atoms with van der Waals surface area (Å²) in [5, 5.41) is 8.04. The lowest BCUT2D eigenvalue weighted by atomic mass is 10.2. The van der Waals surface area contributed by atoms with Crippen molar-refractivity contribution in [1.29, 1.82) is 0 Å². The maximum Gasteiger partial charge on any atom is 0.266 e. The van der Waals surface area contributed by atoms with Crippen LogP contribution in [0, 0.1) is 6.92 Å². The van der Waals surface area contributed by atoms with Crippen molar-refractivity contribution in [3.63, 3.8) is 0 Å². The van der Waals surface area contributed by atoms with Crippen LogP contribution in [0.2, 0.25) is 0 Å². The van der Waals surface area contributed by atoms with E-state index in [4.69, 9.17) is 4.74 Å². The minimum absolute atomic E-state index is 0.169. The van der Waals surface area contributed by atoms with Gasteiger partial charge in [-0.05, 0) is 55.8 Å². The van der Waals surface area contributed by atoms with Gasteiger partial charge in [0, 0.05) is 6.20 Å². The summed E-state index contributed by atoms with van der Waals surface area (Å²) in [6.07, 6.45) is 1.56. The first-order valence-corrected chi connectivity index (χ1v) is 11.0. The first-order valence-electron chi connectivity index (χ1n) is 9.60. The number of anilines is 1. The molecule has 0 spiro atoms. The molecule has 0 N–H and O–H groups in total. The summed E-state index contributed by atoms with van der Waals surface area (Å²) in [5.74, 6) is 1.32. The van der Waals surface area contributed by atoms with Crippen LogP contribution < -0.4 is 9.04 Å². The highest BCUT2D eigenvalue weighted by Gasteiger charge is 2.26. The van der Waals surface area contributed by atoms with Crippen LogP contribution in [0.1, 0.15) is 18.3 Å². The van der Waals surface area contributed by atoms with Gasteiger partial charge < -0.3 is 4.74 Å². The van der Waals surface area contributed by atoms with Crippen molar-refractivity contribution in [3.8, 4) is 5.75 Å². The Hall–Kier alpha value is -3.39. The summed E-state index contributed by atoms with van der Waals surface area (Å²) in [6, 6.07) is 19.8. The molecule has 0 atom stereocenters. The van der Waals surface area contributed by atoms with E-state index in [2.05, 4.69) is 10.2 Å². The molecular weight excluding hydrogens is 400 g/mol. The molecule has 0 aliphatic carbocycles. The van der Waals surface area contributed by atoms with Crippen LogP contribution in [0.5, 0.6) is 5.75 Å². The van der Waals surface area contributed by atoms with Gasteiger partial charge in [-0.15, -0.1) is 10.2 Å². The Morgan fingerprint density at radius 3 is 2.40 bits per heavy atom. The molecule has 0 radical (unpaired) electrons. The molecule has 0 fully saturated rings. The second kappa shape index (κ2) is 8.16. The van der Waals surface area contributed by atoms with E-state index in [1.807, 2.05) is 37.3 Å². The monoisotopic (exact) mass is 422 g/mol. The van der Waals surface area contributed by atoms with Crippen molar-refractivity contribution in [1.82, 2.24) is 14.6 Å². The molecule has 0 saturated heterocycles. The van der Waals surface area contributed by atoms with Crippen LogP contribution in [-0.4, -0.2) is 29.6 Å². The number of sulfonamides is 1. The molecule has 0 aliphatic rings. The van der Waals surface area contributed by atoms with Crippen LogP contribution >= 0.6 is 0 Å². The highest BCUT2D eigenvalue weighted by Crippen LogP contribution is 2.28. The molecule has 7 nitrogen and oxygen atoms in total. The summed E-state index contributed by atoms with van der Waals surface area (Å²) in [6.45, 7) is 4.44. The zero-order valence-electron chi connectivity index (χ0n) is 16.8. The lowest BCUT2D eigenvalue weighted by molar-refractivity contribution is 0.340. The lowest BCUT2D eigenvalue weighted by Gasteiger charge is -2.25. The average Bonchev–Trinajstić information content (AvgIpc) is 3.14. The van der Waals surface area contributed by atoms with E-state index < -0.39 is 10.0 Å². The van der Waals surface area contributed by atoms with E-state index in [1.165, 1.54) is 4.31 Å². The fraction of sp³-hybridized carbons (Fsp3) is 0.182. The van der Waals surface area contributed by atoms with Gasteiger partial charge in [-0.1, -0.05) is 30.3 Å². The van der Waals surface area contributed by atoms with Gasteiger partial charge >= 0.3 is 0 Å². The molecule has 2 aromatic heterocycles. The second-order valence-electron chi connectivity index (χ2n) is 6.76. The van der Waals surface area contributed by atoms with Crippen molar-refractivity contribution in [2.75, 3.05) is 10.9 Å². The van der Waals surface area contributed by atoms with Crippen molar-refractivity contribution >= 4 is 21.4 Å². The molecule has 0 aliphatic heterocycles. The number of aryl methyl sites for hydroxylation is 1. The number of hydrogen-bond donors (Lipinski definition) is 0. The molecule has 30 heavy (non-hydrogen) atoms. The van der Waals surface area contributed by atoms with Gasteiger partial charge in [0.25, 0.3) is 10.0 Å². The number of nitrogens with zero attached hydrogens (tertiary/aromatic N) is 4. The van der Waals surface area contributed by atoms with Crippen molar-refractivity contribution < 1.29 is 13.2 Å². The molecule has 0 unspecified atom stereocenters. The molecule has 0 bridgehead atoms. The maximum atomic E-state index is 13.7. The van der Waals surface area contributed by atoms with Gasteiger partial charge in [0.2, 0.25) is 0 Å². The van der Waals surface area contributed by atoms with Crippen LogP contribution in [-0.2, 0) is 16.6 Å². The third-order valence-electron chi connectivity index (χ3n) is 4.74. The number of fused-ring (bicyclic) bond motifs is 1. The van der Waals surface area contributed by atoms with Gasteiger partial charge in [0.1, 0.15) is 16.5 Å². The number of aromatic nitrogens is 3. The highest BCUT2D eigenvalue weighted by molar-refractivity contribution is 7.92. The molecule has 0 saturated carbocycles. The summed E-state index contributed by atoms with van der Waals surface area (Å²) >= 11 is 0. The van der Waals surface area contributed by atoms with Gasteiger partial charge in [0.05, 0.1) is 18.8 Å². The van der Waals surface area contributed by atoms with Crippen molar-refractivity contribution in [2.24, 2.45) is 0 Å². The number of rotatable bonds is 7. The van der Waals surface area contributed by atoms with Crippen molar-refractivity contribution in [2.45, 2.75) is 25.3 Å². The molecule has 4 aromatic rings. The van der Waals surface area contributed by atoms with Gasteiger partial charge in [-0.2, -0.15) is 0 Å². The second-order valence-corrected chi connectivity index (χ2v) is 8.63. The molecule has 154 valence electrons. The summed E-state index contributed by atoms with van der Waals surface area (Å²) < 4.78 is 35.9. The smallest absolute Gasteiger partial charge is 0.266 e. The highest BCUT2D eigenvalue weighted by atomic mass is 32.2. The van der Waals surface area contributed by atoms with Crippen LogP contribution in [0.15, 0.2) is 77.8 Å². The Morgan fingerprint density at radius 1 is 0.967 bits per heavy atom. The topological polar surface area (TPSA) is 76.8 Å². The Morgan fingerprint density at radius 2 is 1.70 bits per heavy atom. The number of hydrogen-bond acceptors (Lipinski definition) is 5.